The Bertz CT molecular complexity index is 141. The van der Waals surface area contributed by atoms with E-state index in [0.717, 1.165) is 12.5 Å². The number of nitrogens with two attached hydrogens (primary N) is 1. The Hall–Kier alpha value is -0.120. The summed E-state index contributed by atoms with van der Waals surface area (Å²) in [5.41, 5.74) is 5.31. The van der Waals surface area contributed by atoms with E-state index in [4.69, 9.17) is 15.2 Å². The molecule has 2 atom stereocenters. The fraction of sp³-hybridized carbons (Fsp3) is 1.00. The molecule has 0 heterocycles. The van der Waals surface area contributed by atoms with Gasteiger partial charge in [0.25, 0.3) is 0 Å². The summed E-state index contributed by atoms with van der Waals surface area (Å²) in [4.78, 5) is 0. The summed E-state index contributed by atoms with van der Waals surface area (Å²) in [5.74, 6) is 0.721. The van der Waals surface area contributed by atoms with Crippen molar-refractivity contribution in [2.45, 2.75) is 38.7 Å². The summed E-state index contributed by atoms with van der Waals surface area (Å²) >= 11 is 0. The molecule has 2 N–H and O–H groups in total. The summed E-state index contributed by atoms with van der Waals surface area (Å²) in [7, 11) is 0. The molecule has 0 amide bonds. The van der Waals surface area contributed by atoms with Gasteiger partial charge >= 0.3 is 0 Å². The van der Waals surface area contributed by atoms with Gasteiger partial charge in [-0.15, -0.1) is 0 Å². The summed E-state index contributed by atoms with van der Waals surface area (Å²) in [6.07, 6.45) is 5.68. The largest absolute Gasteiger partial charge is 0.378 e. The van der Waals surface area contributed by atoms with Crippen molar-refractivity contribution in [3.05, 3.63) is 0 Å². The van der Waals surface area contributed by atoms with Crippen LogP contribution in [-0.4, -0.2) is 32.5 Å². The van der Waals surface area contributed by atoms with Gasteiger partial charge in [0.15, 0.2) is 0 Å². The maximum absolute atomic E-state index is 5.78. The first-order valence-electron chi connectivity index (χ1n) is 5.74. The Balaban J connectivity index is 1.99. The molecule has 0 aliphatic heterocycles. The van der Waals surface area contributed by atoms with Crippen molar-refractivity contribution in [2.75, 3.05) is 26.4 Å². The Morgan fingerprint density at radius 3 is 2.64 bits per heavy atom. The molecule has 2 unspecified atom stereocenters. The van der Waals surface area contributed by atoms with E-state index in [-0.39, 0.29) is 0 Å². The monoisotopic (exact) mass is 201 g/mol. The average Bonchev–Trinajstić information content (AvgIpc) is 2.20. The van der Waals surface area contributed by atoms with E-state index in [9.17, 15) is 0 Å². The second-order valence-electron chi connectivity index (χ2n) is 4.07. The first-order chi connectivity index (χ1) is 6.84. The number of rotatable bonds is 6. The first kappa shape index (κ1) is 12.0. The van der Waals surface area contributed by atoms with Crippen LogP contribution in [0.5, 0.6) is 0 Å². The van der Waals surface area contributed by atoms with Gasteiger partial charge in [0.2, 0.25) is 0 Å². The summed E-state index contributed by atoms with van der Waals surface area (Å²) in [6.45, 7) is 4.92. The van der Waals surface area contributed by atoms with Crippen LogP contribution < -0.4 is 5.73 Å². The van der Waals surface area contributed by atoms with Gasteiger partial charge in [-0.25, -0.2) is 0 Å². The Morgan fingerprint density at radius 1 is 1.14 bits per heavy atom. The van der Waals surface area contributed by atoms with E-state index < -0.39 is 0 Å². The Morgan fingerprint density at radius 2 is 1.93 bits per heavy atom. The van der Waals surface area contributed by atoms with Crippen LogP contribution in [0, 0.1) is 5.92 Å². The second kappa shape index (κ2) is 7.21. The molecule has 1 saturated carbocycles. The second-order valence-corrected chi connectivity index (χ2v) is 4.07. The lowest BCUT2D eigenvalue weighted by atomic mass is 9.88. The summed E-state index contributed by atoms with van der Waals surface area (Å²) in [5, 5.41) is 0. The highest BCUT2D eigenvalue weighted by Gasteiger charge is 2.21. The van der Waals surface area contributed by atoms with Crippen molar-refractivity contribution < 1.29 is 9.47 Å². The maximum atomic E-state index is 5.78. The molecule has 1 aliphatic carbocycles. The van der Waals surface area contributed by atoms with Crippen molar-refractivity contribution in [1.29, 1.82) is 0 Å². The lowest BCUT2D eigenvalue weighted by molar-refractivity contribution is -0.0323. The molecule has 0 aromatic carbocycles. The molecule has 3 heteroatoms. The van der Waals surface area contributed by atoms with Crippen LogP contribution in [0.4, 0.5) is 0 Å². The normalized spacial score (nSPS) is 27.9. The fourth-order valence-corrected chi connectivity index (χ4v) is 1.97. The minimum Gasteiger partial charge on any atom is -0.378 e. The van der Waals surface area contributed by atoms with E-state index in [2.05, 4.69) is 6.92 Å². The lowest BCUT2D eigenvalue weighted by Gasteiger charge is -2.28. The van der Waals surface area contributed by atoms with Crippen LogP contribution in [0.3, 0.4) is 0 Å². The molecule has 0 saturated heterocycles. The maximum Gasteiger partial charge on any atom is 0.0704 e. The molecular weight excluding hydrogens is 178 g/mol. The van der Waals surface area contributed by atoms with Crippen LogP contribution in [-0.2, 0) is 9.47 Å². The molecule has 0 bridgehead atoms. The van der Waals surface area contributed by atoms with Gasteiger partial charge in [0, 0.05) is 6.54 Å². The fourth-order valence-electron chi connectivity index (χ4n) is 1.97. The number of hydrogen-bond acceptors (Lipinski definition) is 3. The quantitative estimate of drug-likeness (QED) is 0.663. The molecule has 0 spiro atoms. The van der Waals surface area contributed by atoms with Crippen molar-refractivity contribution in [1.82, 2.24) is 0 Å². The van der Waals surface area contributed by atoms with E-state index in [0.29, 0.717) is 25.9 Å². The summed E-state index contributed by atoms with van der Waals surface area (Å²) < 4.78 is 11.0. The Kier molecular flexibility index (Phi) is 6.15. The first-order valence-corrected chi connectivity index (χ1v) is 5.74. The molecule has 0 radical (unpaired) electrons. The van der Waals surface area contributed by atoms with Gasteiger partial charge in [0.1, 0.15) is 0 Å². The molecule has 1 aliphatic rings. The van der Waals surface area contributed by atoms with E-state index in [1.165, 1.54) is 25.7 Å². The Labute approximate surface area is 86.9 Å². The van der Waals surface area contributed by atoms with Gasteiger partial charge in [-0.2, -0.15) is 0 Å². The van der Waals surface area contributed by atoms with Gasteiger partial charge < -0.3 is 15.2 Å². The molecule has 84 valence electrons. The molecular formula is C11H23NO2. The topological polar surface area (TPSA) is 44.5 Å². The average molecular weight is 201 g/mol. The van der Waals surface area contributed by atoms with Crippen molar-refractivity contribution >= 4 is 0 Å². The minimum absolute atomic E-state index is 0.463. The third-order valence-electron chi connectivity index (χ3n) is 2.85. The van der Waals surface area contributed by atoms with Crippen molar-refractivity contribution in [3.8, 4) is 0 Å². The molecule has 14 heavy (non-hydrogen) atoms. The van der Waals surface area contributed by atoms with Gasteiger partial charge in [-0.3, -0.25) is 0 Å². The van der Waals surface area contributed by atoms with Crippen LogP contribution in [0.1, 0.15) is 32.6 Å². The number of hydrogen-bond donors (Lipinski definition) is 1. The predicted molar refractivity (Wildman–Crippen MR) is 57.2 cm³/mol. The third-order valence-corrected chi connectivity index (χ3v) is 2.85. The summed E-state index contributed by atoms with van der Waals surface area (Å²) in [6, 6.07) is 0. The van der Waals surface area contributed by atoms with E-state index >= 15 is 0 Å². The van der Waals surface area contributed by atoms with E-state index in [1.54, 1.807) is 0 Å². The van der Waals surface area contributed by atoms with Gasteiger partial charge in [-0.1, -0.05) is 19.8 Å². The SMILES string of the molecule is CC1CCCCC1OCCOCCN. The number of ether oxygens (including phenoxy) is 2. The zero-order chi connectivity index (χ0) is 10.2. The van der Waals surface area contributed by atoms with Crippen LogP contribution >= 0.6 is 0 Å². The lowest BCUT2D eigenvalue weighted by Crippen LogP contribution is -2.27. The molecule has 0 aromatic heterocycles. The zero-order valence-corrected chi connectivity index (χ0v) is 9.21. The minimum atomic E-state index is 0.463. The highest BCUT2D eigenvalue weighted by molar-refractivity contribution is 4.72. The van der Waals surface area contributed by atoms with Gasteiger partial charge in [-0.05, 0) is 18.8 Å². The highest BCUT2D eigenvalue weighted by atomic mass is 16.5. The molecule has 1 rings (SSSR count). The molecule has 3 nitrogen and oxygen atoms in total. The smallest absolute Gasteiger partial charge is 0.0704 e. The zero-order valence-electron chi connectivity index (χ0n) is 9.21. The standard InChI is InChI=1S/C11H23NO2/c1-10-4-2-3-5-11(10)14-9-8-13-7-6-12/h10-11H,2-9,12H2,1H3. The predicted octanol–water partition coefficient (Wildman–Crippen LogP) is 1.56. The van der Waals surface area contributed by atoms with E-state index in [1.807, 2.05) is 0 Å². The molecule has 0 aromatic rings. The highest BCUT2D eigenvalue weighted by Crippen LogP contribution is 2.25. The molecule has 1 fully saturated rings. The van der Waals surface area contributed by atoms with Crippen molar-refractivity contribution in [3.63, 3.8) is 0 Å². The van der Waals surface area contributed by atoms with Gasteiger partial charge in [0.05, 0.1) is 25.9 Å². The van der Waals surface area contributed by atoms with Crippen LogP contribution in [0.2, 0.25) is 0 Å². The van der Waals surface area contributed by atoms with Crippen LogP contribution in [0.25, 0.3) is 0 Å². The third kappa shape index (κ3) is 4.40. The van der Waals surface area contributed by atoms with Crippen molar-refractivity contribution in [2.24, 2.45) is 11.7 Å². The van der Waals surface area contributed by atoms with Crippen LogP contribution in [0.15, 0.2) is 0 Å².